The van der Waals surface area contributed by atoms with Crippen LogP contribution >= 0.6 is 11.3 Å². The molecular weight excluding hydrogens is 709 g/mol. The van der Waals surface area contributed by atoms with Crippen molar-refractivity contribution in [3.8, 4) is 32.7 Å². The second kappa shape index (κ2) is 14.8. The van der Waals surface area contributed by atoms with Gasteiger partial charge in [0.05, 0.1) is 5.71 Å². The number of thiophene rings is 1. The number of hydrogen-bond acceptors (Lipinski definition) is 2. The molecule has 0 aliphatic carbocycles. The van der Waals surface area contributed by atoms with Crippen molar-refractivity contribution in [2.24, 2.45) is 4.99 Å². The summed E-state index contributed by atoms with van der Waals surface area (Å²) < 4.78 is 1.27. The molecule has 268 valence electrons. The molecule has 0 bridgehead atoms. The second-order valence-corrected chi connectivity index (χ2v) is 15.4. The van der Waals surface area contributed by atoms with Crippen LogP contribution < -0.4 is 0 Å². The number of fused-ring (bicyclic) bond motifs is 5. The van der Waals surface area contributed by atoms with Crippen LogP contribution in [0.1, 0.15) is 16.7 Å². The number of aliphatic imine (C=N–C) groups is 1. The monoisotopic (exact) mass is 744 g/mol. The second-order valence-electron chi connectivity index (χ2n) is 14.3. The fraction of sp³-hybridized carbons (Fsp3) is 0. The summed E-state index contributed by atoms with van der Waals surface area (Å²) in [5, 5.41) is 17.7. The third-order valence-electron chi connectivity index (χ3n) is 10.8. The van der Waals surface area contributed by atoms with Gasteiger partial charge in [-0.05, 0) is 101 Å². The summed E-state index contributed by atoms with van der Waals surface area (Å²) in [6, 6.07) is 70.8. The Bertz CT molecular complexity index is 3140. The van der Waals surface area contributed by atoms with Crippen LogP contribution in [0.2, 0.25) is 0 Å². The largest absolute Gasteiger partial charge is 0.282 e. The Labute approximate surface area is 335 Å². The summed E-state index contributed by atoms with van der Waals surface area (Å²) in [7, 11) is 0. The normalized spacial score (nSPS) is 12.0. The van der Waals surface area contributed by atoms with Gasteiger partial charge < -0.3 is 0 Å². The molecule has 0 atom stereocenters. The van der Waals surface area contributed by atoms with Crippen molar-refractivity contribution in [1.29, 1.82) is 5.41 Å². The van der Waals surface area contributed by atoms with E-state index in [1.54, 1.807) is 11.3 Å². The van der Waals surface area contributed by atoms with E-state index in [1.165, 1.54) is 64.0 Å². The van der Waals surface area contributed by atoms with Gasteiger partial charge in [0.25, 0.3) is 0 Å². The first kappa shape index (κ1) is 34.3. The summed E-state index contributed by atoms with van der Waals surface area (Å²) in [5.41, 5.74) is 9.48. The molecule has 10 rings (SSSR count). The highest BCUT2D eigenvalue weighted by atomic mass is 32.1. The van der Waals surface area contributed by atoms with E-state index in [-0.39, 0.29) is 5.84 Å². The first-order valence-corrected chi connectivity index (χ1v) is 20.0. The van der Waals surface area contributed by atoms with Crippen molar-refractivity contribution in [1.82, 2.24) is 0 Å². The number of hydrogen-bond donors (Lipinski definition) is 1. The SMILES string of the molecule is N=C(N=C(/C=C/c1ccc(-c2ccc(-c3c4ccccc4cc4c3ccc3ccccc34)cc2)cc1)c1cccc(-c2cc3ccccc3s2)c1)c1ccccc1. The minimum atomic E-state index is 0.228. The third kappa shape index (κ3) is 6.75. The third-order valence-corrected chi connectivity index (χ3v) is 11.9. The predicted octanol–water partition coefficient (Wildman–Crippen LogP) is 14.9. The average Bonchev–Trinajstić information content (AvgIpc) is 3.72. The highest BCUT2D eigenvalue weighted by molar-refractivity contribution is 7.22. The zero-order valence-corrected chi connectivity index (χ0v) is 31.9. The van der Waals surface area contributed by atoms with Gasteiger partial charge in [-0.1, -0.05) is 182 Å². The molecular formula is C54H36N2S. The maximum Gasteiger partial charge on any atom is 0.152 e. The fourth-order valence-electron chi connectivity index (χ4n) is 7.86. The number of nitrogens with zero attached hydrogens (tertiary/aromatic N) is 1. The first-order chi connectivity index (χ1) is 28.1. The molecule has 0 unspecified atom stereocenters. The fourth-order valence-corrected chi connectivity index (χ4v) is 8.92. The summed E-state index contributed by atoms with van der Waals surface area (Å²) in [6.07, 6.45) is 4.12. The lowest BCUT2D eigenvalue weighted by molar-refractivity contribution is 1.41. The minimum Gasteiger partial charge on any atom is -0.282 e. The average molecular weight is 745 g/mol. The number of allylic oxidation sites excluding steroid dienone is 1. The Kier molecular flexibility index (Phi) is 8.91. The van der Waals surface area contributed by atoms with E-state index in [2.05, 4.69) is 176 Å². The molecule has 2 nitrogen and oxygen atoms in total. The molecule has 0 aliphatic rings. The molecule has 0 saturated carbocycles. The van der Waals surface area contributed by atoms with Crippen molar-refractivity contribution in [3.05, 3.63) is 223 Å². The van der Waals surface area contributed by atoms with Crippen molar-refractivity contribution in [3.63, 3.8) is 0 Å². The molecule has 9 aromatic carbocycles. The maximum absolute atomic E-state index is 8.87. The summed E-state index contributed by atoms with van der Waals surface area (Å²) in [5.74, 6) is 0.228. The summed E-state index contributed by atoms with van der Waals surface area (Å²) in [6.45, 7) is 0. The first-order valence-electron chi connectivity index (χ1n) is 19.2. The number of benzene rings is 9. The van der Waals surface area contributed by atoms with Gasteiger partial charge in [0, 0.05) is 20.7 Å². The summed E-state index contributed by atoms with van der Waals surface area (Å²) >= 11 is 1.79. The maximum atomic E-state index is 8.87. The van der Waals surface area contributed by atoms with Crippen LogP contribution in [0.15, 0.2) is 211 Å². The standard InChI is InChI=1S/C54H36N2S/c55-54(41-12-2-1-3-13-41)56-50(43-16-10-17-44(33-43)52-35-45-15-6-9-20-51(45)57-52)32-23-36-21-24-37(25-22-36)38-26-28-40(29-27-38)53-47-19-8-5-14-42(47)34-49-46-18-7-4-11-39(46)30-31-48(49)53/h1-35,55H/b32-23+,55-54?,56-50?. The minimum absolute atomic E-state index is 0.228. The van der Waals surface area contributed by atoms with Gasteiger partial charge in [-0.25, -0.2) is 4.99 Å². The quantitative estimate of drug-likeness (QED) is 0.0730. The molecule has 0 aliphatic heterocycles. The van der Waals surface area contributed by atoms with E-state index in [0.717, 1.165) is 33.5 Å². The Hall–Kier alpha value is -7.20. The van der Waals surface area contributed by atoms with Gasteiger partial charge in [-0.3, -0.25) is 5.41 Å². The molecule has 1 N–H and O–H groups in total. The van der Waals surface area contributed by atoms with Crippen molar-refractivity contribution >= 4 is 71.4 Å². The molecule has 3 heteroatoms. The van der Waals surface area contributed by atoms with E-state index >= 15 is 0 Å². The van der Waals surface area contributed by atoms with Gasteiger partial charge in [0.2, 0.25) is 0 Å². The molecule has 0 saturated heterocycles. The molecule has 0 spiro atoms. The lowest BCUT2D eigenvalue weighted by Crippen LogP contribution is -2.04. The molecule has 1 aromatic heterocycles. The lowest BCUT2D eigenvalue weighted by atomic mass is 9.89. The van der Waals surface area contributed by atoms with E-state index in [1.807, 2.05) is 36.4 Å². The van der Waals surface area contributed by atoms with Crippen molar-refractivity contribution in [2.45, 2.75) is 0 Å². The number of rotatable bonds is 7. The van der Waals surface area contributed by atoms with Crippen LogP contribution in [0.25, 0.3) is 81.2 Å². The van der Waals surface area contributed by atoms with Crippen molar-refractivity contribution in [2.75, 3.05) is 0 Å². The van der Waals surface area contributed by atoms with Crippen LogP contribution in [-0.4, -0.2) is 11.5 Å². The van der Waals surface area contributed by atoms with Crippen LogP contribution in [0.4, 0.5) is 0 Å². The highest BCUT2D eigenvalue weighted by Crippen LogP contribution is 2.40. The zero-order chi connectivity index (χ0) is 38.1. The van der Waals surface area contributed by atoms with Gasteiger partial charge in [0.15, 0.2) is 5.84 Å². The predicted molar refractivity (Wildman–Crippen MR) is 246 cm³/mol. The molecule has 0 fully saturated rings. The molecule has 57 heavy (non-hydrogen) atoms. The molecule has 0 radical (unpaired) electrons. The van der Waals surface area contributed by atoms with E-state index in [0.29, 0.717) is 0 Å². The van der Waals surface area contributed by atoms with Gasteiger partial charge >= 0.3 is 0 Å². The van der Waals surface area contributed by atoms with Crippen LogP contribution in [0, 0.1) is 5.41 Å². The Morgan fingerprint density at radius 3 is 1.88 bits per heavy atom. The van der Waals surface area contributed by atoms with Gasteiger partial charge in [-0.15, -0.1) is 11.3 Å². The van der Waals surface area contributed by atoms with Gasteiger partial charge in [-0.2, -0.15) is 0 Å². The zero-order valence-electron chi connectivity index (χ0n) is 31.1. The molecule has 10 aromatic rings. The number of amidine groups is 1. The van der Waals surface area contributed by atoms with E-state index in [9.17, 15) is 0 Å². The smallest absolute Gasteiger partial charge is 0.152 e. The molecule has 1 heterocycles. The Balaban J connectivity index is 0.958. The highest BCUT2D eigenvalue weighted by Gasteiger charge is 2.13. The Morgan fingerprint density at radius 2 is 1.09 bits per heavy atom. The van der Waals surface area contributed by atoms with Crippen LogP contribution in [0.5, 0.6) is 0 Å². The van der Waals surface area contributed by atoms with E-state index in [4.69, 9.17) is 10.4 Å². The van der Waals surface area contributed by atoms with Gasteiger partial charge in [0.1, 0.15) is 0 Å². The van der Waals surface area contributed by atoms with Crippen LogP contribution in [0.3, 0.4) is 0 Å². The van der Waals surface area contributed by atoms with E-state index < -0.39 is 0 Å². The lowest BCUT2D eigenvalue weighted by Gasteiger charge is -2.14. The molecule has 0 amide bonds. The van der Waals surface area contributed by atoms with Crippen LogP contribution in [-0.2, 0) is 0 Å². The van der Waals surface area contributed by atoms with Crippen molar-refractivity contribution < 1.29 is 0 Å². The number of nitrogens with one attached hydrogen (secondary N) is 1. The topological polar surface area (TPSA) is 36.2 Å². The Morgan fingerprint density at radius 1 is 0.439 bits per heavy atom. The summed E-state index contributed by atoms with van der Waals surface area (Å²) in [4.78, 5) is 6.09.